The highest BCUT2D eigenvalue weighted by molar-refractivity contribution is 5.90. The monoisotopic (exact) mass is 329 g/mol. The zero-order chi connectivity index (χ0) is 18.0. The summed E-state index contributed by atoms with van der Waals surface area (Å²) in [4.78, 5) is 50.8. The zero-order valence-corrected chi connectivity index (χ0v) is 14.5. The van der Waals surface area contributed by atoms with E-state index in [0.29, 0.717) is 6.54 Å². The lowest BCUT2D eigenvalue weighted by atomic mass is 10.4. The van der Waals surface area contributed by atoms with Gasteiger partial charge >= 0.3 is 0 Å². The fraction of sp³-hybridized carbons (Fsp3) is 0.714. The molecule has 0 heterocycles. The van der Waals surface area contributed by atoms with Gasteiger partial charge in [-0.15, -0.1) is 0 Å². The largest absolute Gasteiger partial charge is 0.345 e. The average Bonchev–Trinajstić information content (AvgIpc) is 2.51. The molecule has 0 rings (SSSR count). The van der Waals surface area contributed by atoms with E-state index < -0.39 is 5.91 Å². The summed E-state index contributed by atoms with van der Waals surface area (Å²) in [6, 6.07) is 0. The Morgan fingerprint density at radius 2 is 1.30 bits per heavy atom. The third-order valence-corrected chi connectivity index (χ3v) is 3.27. The third kappa shape index (κ3) is 8.15. The van der Waals surface area contributed by atoms with Gasteiger partial charge in [-0.3, -0.25) is 19.2 Å². The summed E-state index contributed by atoms with van der Waals surface area (Å²) in [6.45, 7) is 2.14. The smallest absolute Gasteiger partial charge is 0.242 e. The lowest BCUT2D eigenvalue weighted by molar-refractivity contribution is -0.140. The molecule has 0 spiro atoms. The van der Waals surface area contributed by atoms with Crippen LogP contribution in [0.1, 0.15) is 6.92 Å². The molecule has 0 aromatic rings. The van der Waals surface area contributed by atoms with Gasteiger partial charge in [0, 0.05) is 27.7 Å². The van der Waals surface area contributed by atoms with Crippen molar-refractivity contribution in [3.8, 4) is 0 Å². The highest BCUT2D eigenvalue weighted by Crippen LogP contribution is 1.91. The fourth-order valence-electron chi connectivity index (χ4n) is 1.54. The Hall–Kier alpha value is -2.16. The lowest BCUT2D eigenvalue weighted by Crippen LogP contribution is -2.46. The molecule has 0 aromatic carbocycles. The van der Waals surface area contributed by atoms with Crippen LogP contribution in [0.4, 0.5) is 0 Å². The minimum absolute atomic E-state index is 0.105. The van der Waals surface area contributed by atoms with Gasteiger partial charge in [-0.1, -0.05) is 0 Å². The minimum Gasteiger partial charge on any atom is -0.345 e. The maximum atomic E-state index is 11.9. The number of carbonyl (C=O) groups excluding carboxylic acids is 4. The van der Waals surface area contributed by atoms with Crippen LogP contribution in [-0.2, 0) is 19.2 Å². The molecule has 0 unspecified atom stereocenters. The van der Waals surface area contributed by atoms with Gasteiger partial charge < -0.3 is 25.3 Å². The maximum Gasteiger partial charge on any atom is 0.242 e. The van der Waals surface area contributed by atoms with Gasteiger partial charge in [0.2, 0.25) is 23.6 Å². The van der Waals surface area contributed by atoms with Crippen LogP contribution in [0, 0.1) is 0 Å². The topological polar surface area (TPSA) is 102 Å². The predicted molar refractivity (Wildman–Crippen MR) is 85.5 cm³/mol. The molecule has 9 nitrogen and oxygen atoms in total. The Bertz CT molecular complexity index is 441. The van der Waals surface area contributed by atoms with Gasteiger partial charge in [0.25, 0.3) is 0 Å². The van der Waals surface area contributed by atoms with E-state index in [-0.39, 0.29) is 43.9 Å². The Labute approximate surface area is 137 Å². The number of amides is 4. The van der Waals surface area contributed by atoms with E-state index in [4.69, 9.17) is 0 Å². The normalized spacial score (nSPS) is 9.96. The summed E-state index contributed by atoms with van der Waals surface area (Å²) in [5.41, 5.74) is 0. The van der Waals surface area contributed by atoms with Crippen LogP contribution in [0.3, 0.4) is 0 Å². The first-order chi connectivity index (χ1) is 10.7. The quantitative estimate of drug-likeness (QED) is 0.496. The van der Waals surface area contributed by atoms with E-state index in [1.54, 1.807) is 14.1 Å². The summed E-state index contributed by atoms with van der Waals surface area (Å²) >= 11 is 0. The summed E-state index contributed by atoms with van der Waals surface area (Å²) in [6.07, 6.45) is 0. The summed E-state index contributed by atoms with van der Waals surface area (Å²) < 4.78 is 0. The lowest BCUT2D eigenvalue weighted by Gasteiger charge is -2.22. The van der Waals surface area contributed by atoms with Crippen molar-refractivity contribution >= 4 is 23.6 Å². The first-order valence-electron chi connectivity index (χ1n) is 7.36. The van der Waals surface area contributed by atoms with Gasteiger partial charge in [-0.2, -0.15) is 0 Å². The van der Waals surface area contributed by atoms with Crippen molar-refractivity contribution in [2.45, 2.75) is 6.92 Å². The standard InChI is InChI=1S/C14H27N5O4/c1-6-17(3)13(22)8-16-11(20)9-18(4)14(23)10-19(5)12(21)7-15-2/h15H,6-10H2,1-5H3,(H,16,20). The highest BCUT2D eigenvalue weighted by Gasteiger charge is 2.18. The Morgan fingerprint density at radius 1 is 0.783 bits per heavy atom. The van der Waals surface area contributed by atoms with Crippen molar-refractivity contribution in [2.75, 3.05) is 60.9 Å². The van der Waals surface area contributed by atoms with Gasteiger partial charge in [0.15, 0.2) is 0 Å². The van der Waals surface area contributed by atoms with Crippen LogP contribution in [0.2, 0.25) is 0 Å². The molecule has 4 amide bonds. The molecule has 0 aliphatic rings. The molecular weight excluding hydrogens is 302 g/mol. The molecule has 0 radical (unpaired) electrons. The van der Waals surface area contributed by atoms with Crippen molar-refractivity contribution < 1.29 is 19.2 Å². The summed E-state index contributed by atoms with van der Waals surface area (Å²) in [5, 5.41) is 5.17. The van der Waals surface area contributed by atoms with Gasteiger partial charge in [-0.05, 0) is 14.0 Å². The van der Waals surface area contributed by atoms with Gasteiger partial charge in [-0.25, -0.2) is 0 Å². The first kappa shape index (κ1) is 20.8. The number of hydrogen-bond acceptors (Lipinski definition) is 5. The average molecular weight is 329 g/mol. The first-order valence-corrected chi connectivity index (χ1v) is 7.36. The fourth-order valence-corrected chi connectivity index (χ4v) is 1.54. The second kappa shape index (κ2) is 10.5. The van der Waals surface area contributed by atoms with Crippen molar-refractivity contribution in [2.24, 2.45) is 0 Å². The SMILES string of the molecule is CCN(C)C(=O)CNC(=O)CN(C)C(=O)CN(C)C(=O)CNC. The molecule has 9 heteroatoms. The van der Waals surface area contributed by atoms with E-state index in [2.05, 4.69) is 10.6 Å². The van der Waals surface area contributed by atoms with E-state index in [1.165, 1.54) is 28.8 Å². The van der Waals surface area contributed by atoms with Crippen molar-refractivity contribution in [3.63, 3.8) is 0 Å². The van der Waals surface area contributed by atoms with Crippen molar-refractivity contribution in [1.82, 2.24) is 25.3 Å². The molecule has 0 saturated heterocycles. The number of likely N-dealkylation sites (N-methyl/N-ethyl adjacent to an activating group) is 4. The summed E-state index contributed by atoms with van der Waals surface area (Å²) in [7, 11) is 6.27. The van der Waals surface area contributed by atoms with Gasteiger partial charge in [0.05, 0.1) is 26.2 Å². The molecule has 132 valence electrons. The number of rotatable bonds is 9. The second-order valence-corrected chi connectivity index (χ2v) is 5.21. The van der Waals surface area contributed by atoms with Gasteiger partial charge in [0.1, 0.15) is 0 Å². The molecule has 0 atom stereocenters. The Morgan fingerprint density at radius 3 is 1.83 bits per heavy atom. The second-order valence-electron chi connectivity index (χ2n) is 5.21. The number of hydrogen-bond donors (Lipinski definition) is 2. The zero-order valence-electron chi connectivity index (χ0n) is 14.5. The number of nitrogens with one attached hydrogen (secondary N) is 2. The number of carbonyl (C=O) groups is 4. The van der Waals surface area contributed by atoms with E-state index in [0.717, 1.165) is 0 Å². The Balaban J connectivity index is 4.23. The molecule has 0 aromatic heterocycles. The molecule has 0 bridgehead atoms. The van der Waals surface area contributed by atoms with Crippen molar-refractivity contribution in [1.29, 1.82) is 0 Å². The van der Waals surface area contributed by atoms with Crippen LogP contribution in [0.25, 0.3) is 0 Å². The maximum absolute atomic E-state index is 11.9. The molecular formula is C14H27N5O4. The molecule has 0 aliphatic carbocycles. The van der Waals surface area contributed by atoms with Crippen LogP contribution >= 0.6 is 0 Å². The molecule has 23 heavy (non-hydrogen) atoms. The molecule has 0 fully saturated rings. The molecule has 0 saturated carbocycles. The number of nitrogens with zero attached hydrogens (tertiary/aromatic N) is 3. The predicted octanol–water partition coefficient (Wildman–Crippen LogP) is -2.28. The van der Waals surface area contributed by atoms with Crippen LogP contribution < -0.4 is 10.6 Å². The third-order valence-electron chi connectivity index (χ3n) is 3.27. The highest BCUT2D eigenvalue weighted by atomic mass is 16.2. The van der Waals surface area contributed by atoms with E-state index >= 15 is 0 Å². The summed E-state index contributed by atoms with van der Waals surface area (Å²) in [5.74, 6) is -1.20. The van der Waals surface area contributed by atoms with Crippen molar-refractivity contribution in [3.05, 3.63) is 0 Å². The van der Waals surface area contributed by atoms with Crippen LogP contribution in [0.5, 0.6) is 0 Å². The van der Waals surface area contributed by atoms with Crippen LogP contribution in [-0.4, -0.2) is 99.2 Å². The van der Waals surface area contributed by atoms with E-state index in [9.17, 15) is 19.2 Å². The van der Waals surface area contributed by atoms with Crippen LogP contribution in [0.15, 0.2) is 0 Å². The molecule has 2 N–H and O–H groups in total. The van der Waals surface area contributed by atoms with E-state index in [1.807, 2.05) is 6.92 Å². The Kier molecular flexibility index (Phi) is 9.56. The molecule has 0 aliphatic heterocycles. The minimum atomic E-state index is -0.428.